The maximum Gasteiger partial charge on any atom is 0.253 e. The topological polar surface area (TPSA) is 28.5 Å². The highest BCUT2D eigenvalue weighted by Gasteiger charge is 2.12. The number of benzene rings is 1. The van der Waals surface area contributed by atoms with Gasteiger partial charge in [-0.1, -0.05) is 0 Å². The molecule has 0 saturated carbocycles. The maximum absolute atomic E-state index is 12.4. The number of carbonyl (C=O) groups excluding carboxylic acids is 1. The summed E-state index contributed by atoms with van der Waals surface area (Å²) in [6.45, 7) is 5.76. The SMILES string of the molecule is Cc1ccc(C)n1-c1ccc(C(=O)N(C)CCN(C)C)cc1. The molecule has 0 bridgehead atoms. The van der Waals surface area contributed by atoms with Gasteiger partial charge < -0.3 is 14.4 Å². The zero-order valence-electron chi connectivity index (χ0n) is 14.1. The lowest BCUT2D eigenvalue weighted by Crippen LogP contribution is -2.33. The molecule has 1 aromatic carbocycles. The number of amides is 1. The van der Waals surface area contributed by atoms with E-state index in [-0.39, 0.29) is 5.91 Å². The van der Waals surface area contributed by atoms with Crippen LogP contribution >= 0.6 is 0 Å². The van der Waals surface area contributed by atoms with Crippen LogP contribution in [-0.2, 0) is 0 Å². The van der Waals surface area contributed by atoms with Crippen LogP contribution in [0.4, 0.5) is 0 Å². The number of hydrogen-bond acceptors (Lipinski definition) is 2. The molecular weight excluding hydrogens is 274 g/mol. The highest BCUT2D eigenvalue weighted by atomic mass is 16.2. The Labute approximate surface area is 133 Å². The van der Waals surface area contributed by atoms with Crippen LogP contribution in [-0.4, -0.2) is 54.5 Å². The Morgan fingerprint density at radius 3 is 1.95 bits per heavy atom. The van der Waals surface area contributed by atoms with E-state index in [4.69, 9.17) is 0 Å². The molecule has 118 valence electrons. The molecule has 4 nitrogen and oxygen atoms in total. The lowest BCUT2D eigenvalue weighted by atomic mass is 10.1. The Balaban J connectivity index is 2.13. The Bertz CT molecular complexity index is 621. The molecule has 0 aliphatic heterocycles. The molecule has 4 heteroatoms. The van der Waals surface area contributed by atoms with Gasteiger partial charge in [0.05, 0.1) is 0 Å². The first-order valence-corrected chi connectivity index (χ1v) is 7.55. The van der Waals surface area contributed by atoms with Gasteiger partial charge >= 0.3 is 0 Å². The first-order chi connectivity index (χ1) is 10.4. The fourth-order valence-electron chi connectivity index (χ4n) is 2.50. The molecule has 0 spiro atoms. The molecule has 22 heavy (non-hydrogen) atoms. The van der Waals surface area contributed by atoms with Crippen molar-refractivity contribution in [1.82, 2.24) is 14.4 Å². The molecule has 0 fully saturated rings. The van der Waals surface area contributed by atoms with Gasteiger partial charge in [0.25, 0.3) is 5.91 Å². The van der Waals surface area contributed by atoms with Crippen LogP contribution in [0.15, 0.2) is 36.4 Å². The second-order valence-corrected chi connectivity index (χ2v) is 6.03. The predicted molar refractivity (Wildman–Crippen MR) is 90.8 cm³/mol. The summed E-state index contributed by atoms with van der Waals surface area (Å²) >= 11 is 0. The largest absolute Gasteiger partial charge is 0.340 e. The van der Waals surface area contributed by atoms with Gasteiger partial charge in [-0.05, 0) is 64.3 Å². The minimum Gasteiger partial charge on any atom is -0.340 e. The number of hydrogen-bond donors (Lipinski definition) is 0. The summed E-state index contributed by atoms with van der Waals surface area (Å²) in [5.41, 5.74) is 4.21. The highest BCUT2D eigenvalue weighted by molar-refractivity contribution is 5.94. The molecular formula is C18H25N3O. The van der Waals surface area contributed by atoms with Crippen molar-refractivity contribution >= 4 is 5.91 Å². The van der Waals surface area contributed by atoms with Crippen LogP contribution < -0.4 is 0 Å². The molecule has 0 aliphatic rings. The number of aromatic nitrogens is 1. The quantitative estimate of drug-likeness (QED) is 0.849. The third-order valence-corrected chi connectivity index (χ3v) is 3.87. The fourth-order valence-corrected chi connectivity index (χ4v) is 2.50. The molecule has 0 radical (unpaired) electrons. The number of nitrogens with zero attached hydrogens (tertiary/aromatic N) is 3. The standard InChI is InChI=1S/C18H25N3O/c1-14-6-7-15(2)21(14)17-10-8-16(9-11-17)18(22)20(5)13-12-19(3)4/h6-11H,12-13H2,1-5H3. The molecule has 1 aromatic heterocycles. The lowest BCUT2D eigenvalue weighted by Gasteiger charge is -2.20. The lowest BCUT2D eigenvalue weighted by molar-refractivity contribution is 0.0786. The van der Waals surface area contributed by atoms with E-state index in [2.05, 4.69) is 35.4 Å². The zero-order valence-corrected chi connectivity index (χ0v) is 14.1. The van der Waals surface area contributed by atoms with E-state index in [1.54, 1.807) is 4.90 Å². The highest BCUT2D eigenvalue weighted by Crippen LogP contribution is 2.17. The minimum atomic E-state index is 0.0642. The number of carbonyl (C=O) groups is 1. The van der Waals surface area contributed by atoms with Crippen LogP contribution in [0.5, 0.6) is 0 Å². The number of likely N-dealkylation sites (N-methyl/N-ethyl adjacent to an activating group) is 2. The molecule has 2 rings (SSSR count). The predicted octanol–water partition coefficient (Wildman–Crippen LogP) is 2.73. The van der Waals surface area contributed by atoms with Crippen molar-refractivity contribution < 1.29 is 4.79 Å². The van der Waals surface area contributed by atoms with Crippen LogP contribution in [0.3, 0.4) is 0 Å². The van der Waals surface area contributed by atoms with Crippen molar-refractivity contribution in [2.75, 3.05) is 34.2 Å². The minimum absolute atomic E-state index is 0.0642. The smallest absolute Gasteiger partial charge is 0.253 e. The van der Waals surface area contributed by atoms with Crippen molar-refractivity contribution in [1.29, 1.82) is 0 Å². The first kappa shape index (κ1) is 16.3. The maximum atomic E-state index is 12.4. The van der Waals surface area contributed by atoms with Crippen LogP contribution in [0.1, 0.15) is 21.7 Å². The molecule has 0 N–H and O–H groups in total. The van der Waals surface area contributed by atoms with E-state index in [1.165, 1.54) is 11.4 Å². The van der Waals surface area contributed by atoms with Crippen molar-refractivity contribution in [3.63, 3.8) is 0 Å². The summed E-state index contributed by atoms with van der Waals surface area (Å²) in [6, 6.07) is 12.0. The van der Waals surface area contributed by atoms with E-state index in [0.29, 0.717) is 0 Å². The third-order valence-electron chi connectivity index (χ3n) is 3.87. The van der Waals surface area contributed by atoms with E-state index in [9.17, 15) is 4.79 Å². The summed E-state index contributed by atoms with van der Waals surface area (Å²) in [6.07, 6.45) is 0. The van der Waals surface area contributed by atoms with E-state index < -0.39 is 0 Å². The fraction of sp³-hybridized carbons (Fsp3) is 0.389. The Kier molecular flexibility index (Phi) is 5.03. The Morgan fingerprint density at radius 2 is 1.45 bits per heavy atom. The van der Waals surface area contributed by atoms with Gasteiger partial charge in [0.2, 0.25) is 0 Å². The van der Waals surface area contributed by atoms with Gasteiger partial charge in [0.1, 0.15) is 0 Å². The van der Waals surface area contributed by atoms with E-state index in [1.807, 2.05) is 45.4 Å². The van der Waals surface area contributed by atoms with Crippen molar-refractivity contribution in [2.45, 2.75) is 13.8 Å². The summed E-state index contributed by atoms with van der Waals surface area (Å²) in [7, 11) is 5.86. The summed E-state index contributed by atoms with van der Waals surface area (Å²) in [5, 5.41) is 0. The molecule has 1 amide bonds. The third kappa shape index (κ3) is 3.57. The number of aryl methyl sites for hydroxylation is 2. The van der Waals surface area contributed by atoms with Crippen molar-refractivity contribution in [3.8, 4) is 5.69 Å². The van der Waals surface area contributed by atoms with Gasteiger partial charge in [-0.3, -0.25) is 4.79 Å². The number of rotatable bonds is 5. The van der Waals surface area contributed by atoms with Gasteiger partial charge in [0, 0.05) is 42.8 Å². The molecule has 1 heterocycles. The zero-order chi connectivity index (χ0) is 16.3. The normalized spacial score (nSPS) is 11.0. The van der Waals surface area contributed by atoms with Crippen LogP contribution in [0, 0.1) is 13.8 Å². The van der Waals surface area contributed by atoms with Crippen molar-refractivity contribution in [2.24, 2.45) is 0 Å². The van der Waals surface area contributed by atoms with Gasteiger partial charge in [-0.25, -0.2) is 0 Å². The van der Waals surface area contributed by atoms with Gasteiger partial charge in [-0.2, -0.15) is 0 Å². The molecule has 0 atom stereocenters. The second kappa shape index (κ2) is 6.79. The van der Waals surface area contributed by atoms with E-state index in [0.717, 1.165) is 24.3 Å². The van der Waals surface area contributed by atoms with Crippen molar-refractivity contribution in [3.05, 3.63) is 53.3 Å². The summed E-state index contributed by atoms with van der Waals surface area (Å²) in [5.74, 6) is 0.0642. The Hall–Kier alpha value is -2.07. The average molecular weight is 299 g/mol. The molecule has 2 aromatic rings. The van der Waals surface area contributed by atoms with Crippen LogP contribution in [0.2, 0.25) is 0 Å². The van der Waals surface area contributed by atoms with Gasteiger partial charge in [0.15, 0.2) is 0 Å². The summed E-state index contributed by atoms with van der Waals surface area (Å²) < 4.78 is 2.18. The summed E-state index contributed by atoms with van der Waals surface area (Å²) in [4.78, 5) is 16.2. The molecule has 0 saturated heterocycles. The van der Waals surface area contributed by atoms with Gasteiger partial charge in [-0.15, -0.1) is 0 Å². The molecule has 0 aliphatic carbocycles. The second-order valence-electron chi connectivity index (χ2n) is 6.03. The van der Waals surface area contributed by atoms with E-state index >= 15 is 0 Å². The average Bonchev–Trinajstić information content (AvgIpc) is 2.83. The molecule has 0 unspecified atom stereocenters. The first-order valence-electron chi connectivity index (χ1n) is 7.55. The van der Waals surface area contributed by atoms with Crippen LogP contribution in [0.25, 0.3) is 5.69 Å². The monoisotopic (exact) mass is 299 g/mol. The Morgan fingerprint density at radius 1 is 0.909 bits per heavy atom.